The molecule has 0 bridgehead atoms. The Labute approximate surface area is 225 Å². The maximum atomic E-state index is 12.5. The lowest BCUT2D eigenvalue weighted by Gasteiger charge is -2.38. The number of aryl methyl sites for hydroxylation is 1. The van der Waals surface area contributed by atoms with Crippen LogP contribution in [0, 0.1) is 6.92 Å². The van der Waals surface area contributed by atoms with Crippen LogP contribution in [-0.4, -0.2) is 71.4 Å². The Morgan fingerprint density at radius 1 is 1.08 bits per heavy atom. The van der Waals surface area contributed by atoms with E-state index in [2.05, 4.69) is 34.2 Å². The summed E-state index contributed by atoms with van der Waals surface area (Å²) in [5.74, 6) is 1.85. The van der Waals surface area contributed by atoms with E-state index in [1.54, 1.807) is 0 Å². The number of nitrogens with one attached hydrogen (secondary N) is 1. The number of imidazole rings is 1. The second-order valence-corrected chi connectivity index (χ2v) is 10.9. The minimum absolute atomic E-state index is 0.0340. The zero-order valence-electron chi connectivity index (χ0n) is 23.4. The van der Waals surface area contributed by atoms with Gasteiger partial charge in [0.1, 0.15) is 17.9 Å². The van der Waals surface area contributed by atoms with Crippen molar-refractivity contribution < 1.29 is 14.4 Å². The van der Waals surface area contributed by atoms with Crippen molar-refractivity contribution in [2.45, 2.75) is 58.9 Å². The molecule has 0 aliphatic carbocycles. The van der Waals surface area contributed by atoms with Crippen LogP contribution in [0.2, 0.25) is 0 Å². The van der Waals surface area contributed by atoms with E-state index in [9.17, 15) is 4.79 Å². The van der Waals surface area contributed by atoms with Gasteiger partial charge in [-0.05, 0) is 64.3 Å². The molecule has 1 fully saturated rings. The zero-order chi connectivity index (χ0) is 26.9. The first-order valence-corrected chi connectivity index (χ1v) is 14.0. The Morgan fingerprint density at radius 2 is 1.84 bits per heavy atom. The number of rotatable bonds is 10. The third-order valence-electron chi connectivity index (χ3n) is 8.02. The summed E-state index contributed by atoms with van der Waals surface area (Å²) < 4.78 is 8.17. The van der Waals surface area contributed by atoms with Crippen molar-refractivity contribution in [3.05, 3.63) is 53.3 Å². The van der Waals surface area contributed by atoms with E-state index in [-0.39, 0.29) is 11.9 Å². The van der Waals surface area contributed by atoms with E-state index in [1.165, 1.54) is 0 Å². The standard InChI is InChI=1S/C30H41N5O3/c1-6-23(28-31-22-11-8-9-12-24(22)35(28)38-7-2)34-18-16-33(17-19-34)15-10-20-37-25-14-13-21(3)27-26(25)30(4,5)29(36)32-27/h8-9,11-14,23H,6-7,10,15-20H2,1-5H3,(H,32,36). The number of carbonyl (C=O) groups excluding carboxylic acids is 1. The molecule has 0 spiro atoms. The predicted molar refractivity (Wildman–Crippen MR) is 151 cm³/mol. The summed E-state index contributed by atoms with van der Waals surface area (Å²) in [7, 11) is 0. The van der Waals surface area contributed by atoms with Crippen molar-refractivity contribution in [3.63, 3.8) is 0 Å². The molecule has 2 aromatic carbocycles. The summed E-state index contributed by atoms with van der Waals surface area (Å²) >= 11 is 0. The van der Waals surface area contributed by atoms with Gasteiger partial charge in [0.05, 0.1) is 29.3 Å². The highest BCUT2D eigenvalue weighted by Crippen LogP contribution is 2.45. The van der Waals surface area contributed by atoms with Gasteiger partial charge < -0.3 is 19.8 Å². The summed E-state index contributed by atoms with van der Waals surface area (Å²) in [6, 6.07) is 12.5. The Kier molecular flexibility index (Phi) is 7.63. The SMILES string of the molecule is CCOn1c(C(CC)N2CCN(CCCOc3ccc(C)c4c3C(C)(C)C(=O)N4)CC2)nc2ccccc21. The monoisotopic (exact) mass is 519 g/mol. The molecule has 2 aliphatic heterocycles. The Hall–Kier alpha value is -3.10. The summed E-state index contributed by atoms with van der Waals surface area (Å²) in [5, 5.41) is 3.04. The van der Waals surface area contributed by atoms with Crippen molar-refractivity contribution in [3.8, 4) is 5.75 Å². The average molecular weight is 520 g/mol. The maximum absolute atomic E-state index is 12.5. The fourth-order valence-corrected chi connectivity index (χ4v) is 5.84. The van der Waals surface area contributed by atoms with Gasteiger partial charge in [-0.25, -0.2) is 4.98 Å². The summed E-state index contributed by atoms with van der Waals surface area (Å²) in [5.41, 5.74) is 4.41. The summed E-state index contributed by atoms with van der Waals surface area (Å²) in [4.78, 5) is 28.5. The molecular formula is C30H41N5O3. The molecule has 1 unspecified atom stereocenters. The van der Waals surface area contributed by atoms with Crippen molar-refractivity contribution in [1.29, 1.82) is 0 Å². The van der Waals surface area contributed by atoms with Crippen molar-refractivity contribution in [1.82, 2.24) is 19.5 Å². The number of piperazine rings is 1. The molecule has 1 atom stereocenters. The van der Waals surface area contributed by atoms with E-state index in [0.717, 1.165) is 85.0 Å². The predicted octanol–water partition coefficient (Wildman–Crippen LogP) is 4.56. The highest BCUT2D eigenvalue weighted by Gasteiger charge is 2.41. The third kappa shape index (κ3) is 4.87. The van der Waals surface area contributed by atoms with Gasteiger partial charge in [0.2, 0.25) is 5.91 Å². The number of hydrogen-bond donors (Lipinski definition) is 1. The van der Waals surface area contributed by atoms with Gasteiger partial charge in [-0.2, -0.15) is 4.73 Å². The van der Waals surface area contributed by atoms with E-state index in [4.69, 9.17) is 14.6 Å². The second kappa shape index (κ2) is 10.9. The summed E-state index contributed by atoms with van der Waals surface area (Å²) in [6.07, 6.45) is 1.93. The lowest BCUT2D eigenvalue weighted by atomic mass is 9.85. The molecule has 38 heavy (non-hydrogen) atoms. The molecule has 1 N–H and O–H groups in total. The molecule has 0 radical (unpaired) electrons. The Bertz CT molecular complexity index is 1290. The summed E-state index contributed by atoms with van der Waals surface area (Å²) in [6.45, 7) is 16.5. The minimum atomic E-state index is -0.578. The molecule has 8 heteroatoms. The van der Waals surface area contributed by atoms with E-state index >= 15 is 0 Å². The molecule has 2 aliphatic rings. The average Bonchev–Trinajstić information content (AvgIpc) is 3.39. The van der Waals surface area contributed by atoms with Crippen LogP contribution in [0.5, 0.6) is 5.75 Å². The molecule has 204 valence electrons. The number of ether oxygens (including phenoxy) is 1. The van der Waals surface area contributed by atoms with Gasteiger partial charge in [-0.15, -0.1) is 0 Å². The lowest BCUT2D eigenvalue weighted by molar-refractivity contribution is -0.119. The quantitative estimate of drug-likeness (QED) is 0.396. The maximum Gasteiger partial charge on any atom is 0.234 e. The number of fused-ring (bicyclic) bond motifs is 2. The van der Waals surface area contributed by atoms with E-state index < -0.39 is 5.41 Å². The first kappa shape index (κ1) is 26.5. The fourth-order valence-electron chi connectivity index (χ4n) is 5.84. The molecule has 1 saturated heterocycles. The molecule has 1 amide bonds. The molecule has 0 saturated carbocycles. The molecule has 1 aromatic heterocycles. The molecule has 5 rings (SSSR count). The third-order valence-corrected chi connectivity index (χ3v) is 8.02. The number of amides is 1. The zero-order valence-corrected chi connectivity index (χ0v) is 23.4. The van der Waals surface area contributed by atoms with Gasteiger partial charge >= 0.3 is 0 Å². The van der Waals surface area contributed by atoms with Crippen LogP contribution in [0.15, 0.2) is 36.4 Å². The lowest BCUT2D eigenvalue weighted by Crippen LogP contribution is -2.48. The highest BCUT2D eigenvalue weighted by atomic mass is 16.7. The van der Waals surface area contributed by atoms with Crippen LogP contribution >= 0.6 is 0 Å². The number of para-hydroxylation sites is 2. The van der Waals surface area contributed by atoms with Crippen LogP contribution < -0.4 is 14.9 Å². The molecule has 3 heterocycles. The van der Waals surface area contributed by atoms with Gasteiger partial charge in [-0.3, -0.25) is 9.69 Å². The van der Waals surface area contributed by atoms with Gasteiger partial charge in [-0.1, -0.05) is 25.1 Å². The van der Waals surface area contributed by atoms with Crippen LogP contribution in [0.3, 0.4) is 0 Å². The molecular weight excluding hydrogens is 478 g/mol. The normalized spacial score (nSPS) is 18.4. The highest BCUT2D eigenvalue weighted by molar-refractivity contribution is 6.07. The largest absolute Gasteiger partial charge is 0.493 e. The molecule has 3 aromatic rings. The van der Waals surface area contributed by atoms with Crippen LogP contribution in [0.4, 0.5) is 5.69 Å². The smallest absolute Gasteiger partial charge is 0.234 e. The van der Waals surface area contributed by atoms with Crippen molar-refractivity contribution in [2.75, 3.05) is 51.3 Å². The van der Waals surface area contributed by atoms with E-state index in [1.807, 2.05) is 56.7 Å². The van der Waals surface area contributed by atoms with Gasteiger partial charge in [0, 0.05) is 38.3 Å². The number of nitrogens with zero attached hydrogens (tertiary/aromatic N) is 4. The van der Waals surface area contributed by atoms with Gasteiger partial charge in [0.15, 0.2) is 5.82 Å². The van der Waals surface area contributed by atoms with Crippen LogP contribution in [0.25, 0.3) is 11.0 Å². The van der Waals surface area contributed by atoms with Gasteiger partial charge in [0.25, 0.3) is 0 Å². The number of carbonyl (C=O) groups is 1. The number of hydrogen-bond acceptors (Lipinski definition) is 6. The van der Waals surface area contributed by atoms with Crippen molar-refractivity contribution in [2.24, 2.45) is 0 Å². The number of aromatic nitrogens is 2. The fraction of sp³-hybridized carbons (Fsp3) is 0.533. The Morgan fingerprint density at radius 3 is 2.58 bits per heavy atom. The minimum Gasteiger partial charge on any atom is -0.493 e. The van der Waals surface area contributed by atoms with Crippen molar-refractivity contribution >= 4 is 22.6 Å². The Balaban J connectivity index is 1.16. The van der Waals surface area contributed by atoms with Crippen LogP contribution in [0.1, 0.15) is 63.5 Å². The number of benzene rings is 2. The van der Waals surface area contributed by atoms with Crippen LogP contribution in [-0.2, 0) is 10.2 Å². The second-order valence-electron chi connectivity index (χ2n) is 10.9. The van der Waals surface area contributed by atoms with E-state index in [0.29, 0.717) is 13.2 Å². The topological polar surface area (TPSA) is 71.9 Å². The first-order valence-electron chi connectivity index (χ1n) is 14.0. The molecule has 8 nitrogen and oxygen atoms in total. The first-order chi connectivity index (χ1) is 18.3. The number of anilines is 1.